The molecule has 0 aromatic heterocycles. The number of hydrogen-bond acceptors (Lipinski definition) is 2. The molecule has 160 valence electrons. The summed E-state index contributed by atoms with van der Waals surface area (Å²) in [6, 6.07) is 22.5. The van der Waals surface area contributed by atoms with Gasteiger partial charge in [0.05, 0.1) is 16.1 Å². The molecular weight excluding hydrogens is 433 g/mol. The standard InChI is InChI=1S/C24H23Cl2N3O2/c1-16(18-10-6-3-7-11-18)27-23(30)22(14-17-8-4-2-5-9-17)29-24(31)28-19-12-13-20(25)21(26)15-19/h2-13,15-16,22H,14H2,1H3,(H,27,30)(H2,28,29,31). The minimum Gasteiger partial charge on any atom is -0.348 e. The normalized spacial score (nSPS) is 12.5. The van der Waals surface area contributed by atoms with Gasteiger partial charge in [-0.05, 0) is 36.2 Å². The lowest BCUT2D eigenvalue weighted by molar-refractivity contribution is -0.123. The lowest BCUT2D eigenvalue weighted by Gasteiger charge is -2.22. The van der Waals surface area contributed by atoms with E-state index in [1.807, 2.05) is 67.6 Å². The summed E-state index contributed by atoms with van der Waals surface area (Å²) in [5.41, 5.74) is 2.39. The highest BCUT2D eigenvalue weighted by Gasteiger charge is 2.23. The molecule has 3 aromatic rings. The molecule has 2 atom stereocenters. The number of carbonyl (C=O) groups is 2. The Morgan fingerprint density at radius 2 is 1.48 bits per heavy atom. The zero-order valence-electron chi connectivity index (χ0n) is 16.9. The van der Waals surface area contributed by atoms with Gasteiger partial charge in [-0.3, -0.25) is 4.79 Å². The monoisotopic (exact) mass is 455 g/mol. The Balaban J connectivity index is 1.71. The van der Waals surface area contributed by atoms with E-state index in [0.29, 0.717) is 22.2 Å². The van der Waals surface area contributed by atoms with Gasteiger partial charge in [-0.2, -0.15) is 0 Å². The minimum atomic E-state index is -0.767. The Morgan fingerprint density at radius 3 is 2.13 bits per heavy atom. The molecule has 31 heavy (non-hydrogen) atoms. The van der Waals surface area contributed by atoms with Crippen molar-refractivity contribution in [2.45, 2.75) is 25.4 Å². The minimum absolute atomic E-state index is 0.202. The number of urea groups is 1. The van der Waals surface area contributed by atoms with Crippen molar-refractivity contribution < 1.29 is 9.59 Å². The molecule has 3 rings (SSSR count). The number of amides is 3. The zero-order valence-corrected chi connectivity index (χ0v) is 18.5. The number of anilines is 1. The van der Waals surface area contributed by atoms with Crippen LogP contribution in [0.25, 0.3) is 0 Å². The molecule has 7 heteroatoms. The van der Waals surface area contributed by atoms with E-state index in [0.717, 1.165) is 11.1 Å². The van der Waals surface area contributed by atoms with E-state index < -0.39 is 12.1 Å². The average Bonchev–Trinajstić information content (AvgIpc) is 2.77. The Hall–Kier alpha value is -3.02. The highest BCUT2D eigenvalue weighted by atomic mass is 35.5. The first-order chi connectivity index (χ1) is 14.9. The summed E-state index contributed by atoms with van der Waals surface area (Å²) in [7, 11) is 0. The topological polar surface area (TPSA) is 70.2 Å². The summed E-state index contributed by atoms with van der Waals surface area (Å²) in [5.74, 6) is -0.274. The third-order valence-corrected chi connectivity index (χ3v) is 5.48. The summed E-state index contributed by atoms with van der Waals surface area (Å²) < 4.78 is 0. The summed E-state index contributed by atoms with van der Waals surface area (Å²) in [4.78, 5) is 25.6. The van der Waals surface area contributed by atoms with Gasteiger partial charge in [-0.25, -0.2) is 4.79 Å². The predicted molar refractivity (Wildman–Crippen MR) is 126 cm³/mol. The van der Waals surface area contributed by atoms with Gasteiger partial charge in [0.2, 0.25) is 5.91 Å². The number of hydrogen-bond donors (Lipinski definition) is 3. The Labute approximate surface area is 191 Å². The molecule has 5 nitrogen and oxygen atoms in total. The molecule has 2 unspecified atom stereocenters. The molecule has 0 saturated heterocycles. The highest BCUT2D eigenvalue weighted by Crippen LogP contribution is 2.25. The fourth-order valence-corrected chi connectivity index (χ4v) is 3.40. The Bertz CT molecular complexity index is 1030. The maximum absolute atomic E-state index is 13.0. The third-order valence-electron chi connectivity index (χ3n) is 4.74. The molecule has 0 heterocycles. The van der Waals surface area contributed by atoms with Gasteiger partial charge < -0.3 is 16.0 Å². The van der Waals surface area contributed by atoms with E-state index >= 15 is 0 Å². The first kappa shape index (κ1) is 22.7. The van der Waals surface area contributed by atoms with Gasteiger partial charge in [-0.1, -0.05) is 83.9 Å². The van der Waals surface area contributed by atoms with Crippen LogP contribution in [0.3, 0.4) is 0 Å². The van der Waals surface area contributed by atoms with E-state index in [1.54, 1.807) is 18.2 Å². The second-order valence-electron chi connectivity index (χ2n) is 7.11. The number of benzene rings is 3. The van der Waals surface area contributed by atoms with E-state index in [4.69, 9.17) is 23.2 Å². The first-order valence-electron chi connectivity index (χ1n) is 9.84. The zero-order chi connectivity index (χ0) is 22.2. The van der Waals surface area contributed by atoms with Gasteiger partial charge in [-0.15, -0.1) is 0 Å². The fourth-order valence-electron chi connectivity index (χ4n) is 3.10. The molecule has 0 aliphatic rings. The molecule has 3 amide bonds. The van der Waals surface area contributed by atoms with Gasteiger partial charge in [0.25, 0.3) is 0 Å². The summed E-state index contributed by atoms with van der Waals surface area (Å²) in [6.45, 7) is 1.91. The molecule has 0 aliphatic carbocycles. The Kier molecular flexibility index (Phi) is 7.93. The van der Waals surface area contributed by atoms with Crippen molar-refractivity contribution in [3.05, 3.63) is 100 Å². The van der Waals surface area contributed by atoms with Crippen LogP contribution in [-0.4, -0.2) is 18.0 Å². The van der Waals surface area contributed by atoms with Gasteiger partial charge in [0.1, 0.15) is 6.04 Å². The van der Waals surface area contributed by atoms with Crippen LogP contribution in [0.1, 0.15) is 24.1 Å². The predicted octanol–water partition coefficient (Wildman–Crippen LogP) is 5.60. The van der Waals surface area contributed by atoms with Crippen molar-refractivity contribution in [3.8, 4) is 0 Å². The summed E-state index contributed by atoms with van der Waals surface area (Å²) in [5, 5.41) is 9.16. The summed E-state index contributed by atoms with van der Waals surface area (Å²) in [6.07, 6.45) is 0.350. The molecule has 0 radical (unpaired) electrons. The molecule has 0 saturated carbocycles. The van der Waals surface area contributed by atoms with E-state index in [-0.39, 0.29) is 11.9 Å². The largest absolute Gasteiger partial charge is 0.348 e. The number of carbonyl (C=O) groups excluding carboxylic acids is 2. The van der Waals surface area contributed by atoms with E-state index in [1.165, 1.54) is 0 Å². The maximum atomic E-state index is 13.0. The quantitative estimate of drug-likeness (QED) is 0.433. The average molecular weight is 456 g/mol. The van der Waals surface area contributed by atoms with Crippen LogP contribution in [0.2, 0.25) is 10.0 Å². The molecule has 0 aliphatic heterocycles. The van der Waals surface area contributed by atoms with E-state index in [2.05, 4.69) is 16.0 Å². The molecule has 3 N–H and O–H groups in total. The van der Waals surface area contributed by atoms with Crippen molar-refractivity contribution in [3.63, 3.8) is 0 Å². The second kappa shape index (κ2) is 10.8. The molecule has 0 spiro atoms. The molecule has 0 fully saturated rings. The van der Waals surface area contributed by atoms with Crippen LogP contribution in [0.5, 0.6) is 0 Å². The fraction of sp³-hybridized carbons (Fsp3) is 0.167. The van der Waals surface area contributed by atoms with Crippen LogP contribution in [0, 0.1) is 0 Å². The second-order valence-corrected chi connectivity index (χ2v) is 7.93. The maximum Gasteiger partial charge on any atom is 0.319 e. The van der Waals surface area contributed by atoms with Gasteiger partial charge in [0.15, 0.2) is 0 Å². The van der Waals surface area contributed by atoms with Crippen molar-refractivity contribution in [2.75, 3.05) is 5.32 Å². The van der Waals surface area contributed by atoms with Crippen LogP contribution in [0.4, 0.5) is 10.5 Å². The van der Waals surface area contributed by atoms with Crippen LogP contribution < -0.4 is 16.0 Å². The first-order valence-corrected chi connectivity index (χ1v) is 10.6. The number of nitrogens with one attached hydrogen (secondary N) is 3. The van der Waals surface area contributed by atoms with Crippen molar-refractivity contribution in [2.24, 2.45) is 0 Å². The summed E-state index contributed by atoms with van der Waals surface area (Å²) >= 11 is 11.9. The van der Waals surface area contributed by atoms with Crippen LogP contribution in [-0.2, 0) is 11.2 Å². The lowest BCUT2D eigenvalue weighted by Crippen LogP contribution is -2.49. The van der Waals surface area contributed by atoms with Gasteiger partial charge >= 0.3 is 6.03 Å². The molecule has 3 aromatic carbocycles. The number of rotatable bonds is 7. The highest BCUT2D eigenvalue weighted by molar-refractivity contribution is 6.42. The van der Waals surface area contributed by atoms with Crippen molar-refractivity contribution in [1.29, 1.82) is 0 Å². The Morgan fingerprint density at radius 1 is 0.839 bits per heavy atom. The molecule has 0 bridgehead atoms. The number of halogens is 2. The van der Waals surface area contributed by atoms with Crippen molar-refractivity contribution in [1.82, 2.24) is 10.6 Å². The smallest absolute Gasteiger partial charge is 0.319 e. The van der Waals surface area contributed by atoms with Crippen molar-refractivity contribution >= 4 is 40.8 Å². The lowest BCUT2D eigenvalue weighted by atomic mass is 10.0. The third kappa shape index (κ3) is 6.74. The van der Waals surface area contributed by atoms with Crippen LogP contribution >= 0.6 is 23.2 Å². The van der Waals surface area contributed by atoms with Gasteiger partial charge in [0, 0.05) is 12.1 Å². The van der Waals surface area contributed by atoms with E-state index in [9.17, 15) is 9.59 Å². The molecular formula is C24H23Cl2N3O2. The SMILES string of the molecule is CC(NC(=O)C(Cc1ccccc1)NC(=O)Nc1ccc(Cl)c(Cl)c1)c1ccccc1. The van der Waals surface area contributed by atoms with Crippen LogP contribution in [0.15, 0.2) is 78.9 Å².